The Balaban J connectivity index is 1.40. The zero-order valence-electron chi connectivity index (χ0n) is 17.4. The number of urea groups is 1. The van der Waals surface area contributed by atoms with Gasteiger partial charge in [-0.25, -0.2) is 4.79 Å². The fourth-order valence-corrected chi connectivity index (χ4v) is 4.52. The topological polar surface area (TPSA) is 59.1 Å². The molecule has 2 amide bonds. The standard InChI is InChI=1S/C22H36N4O2/c1-3-11-25-12-9-20(16-25)14-23-21(27)24(2)17-22(28)10-13-26(18-22)15-19-7-5-4-6-8-19/h4-8,20,28H,3,9-18H2,1-2H3,(H,23,27). The van der Waals surface area contributed by atoms with E-state index in [1.165, 1.54) is 12.0 Å². The highest BCUT2D eigenvalue weighted by Gasteiger charge is 2.37. The highest BCUT2D eigenvalue weighted by atomic mass is 16.3. The fourth-order valence-electron chi connectivity index (χ4n) is 4.52. The monoisotopic (exact) mass is 388 g/mol. The maximum Gasteiger partial charge on any atom is 0.317 e. The van der Waals surface area contributed by atoms with Gasteiger partial charge in [-0.3, -0.25) is 4.90 Å². The average molecular weight is 389 g/mol. The first-order valence-electron chi connectivity index (χ1n) is 10.7. The van der Waals surface area contributed by atoms with Crippen molar-refractivity contribution in [1.29, 1.82) is 0 Å². The number of nitrogens with zero attached hydrogens (tertiary/aromatic N) is 3. The number of carbonyl (C=O) groups is 1. The Morgan fingerprint density at radius 3 is 2.82 bits per heavy atom. The van der Waals surface area contributed by atoms with Crippen LogP contribution in [0.15, 0.2) is 30.3 Å². The Bertz CT molecular complexity index is 626. The van der Waals surface area contributed by atoms with Crippen LogP contribution in [0, 0.1) is 5.92 Å². The minimum atomic E-state index is -0.827. The Morgan fingerprint density at radius 2 is 2.07 bits per heavy atom. The molecule has 2 saturated heterocycles. The summed E-state index contributed by atoms with van der Waals surface area (Å²) in [5.41, 5.74) is 0.429. The molecule has 0 aromatic heterocycles. The zero-order valence-corrected chi connectivity index (χ0v) is 17.4. The second kappa shape index (κ2) is 9.72. The van der Waals surface area contributed by atoms with E-state index in [1.54, 1.807) is 11.9 Å². The molecule has 156 valence electrons. The van der Waals surface area contributed by atoms with E-state index in [9.17, 15) is 9.90 Å². The van der Waals surface area contributed by atoms with Gasteiger partial charge in [0.1, 0.15) is 0 Å². The van der Waals surface area contributed by atoms with E-state index in [1.807, 2.05) is 18.2 Å². The van der Waals surface area contributed by atoms with Crippen molar-refractivity contribution in [2.24, 2.45) is 5.92 Å². The highest BCUT2D eigenvalue weighted by Crippen LogP contribution is 2.24. The summed E-state index contributed by atoms with van der Waals surface area (Å²) in [7, 11) is 1.78. The van der Waals surface area contributed by atoms with E-state index in [4.69, 9.17) is 0 Å². The minimum absolute atomic E-state index is 0.0797. The van der Waals surface area contributed by atoms with Gasteiger partial charge >= 0.3 is 6.03 Å². The van der Waals surface area contributed by atoms with E-state index in [-0.39, 0.29) is 6.03 Å². The molecule has 2 N–H and O–H groups in total. The molecule has 0 radical (unpaired) electrons. The molecule has 0 aliphatic carbocycles. The number of carbonyl (C=O) groups excluding carboxylic acids is 1. The van der Waals surface area contributed by atoms with E-state index >= 15 is 0 Å². The molecule has 2 aliphatic rings. The number of β-amino-alcohol motifs (C(OH)–C–C–N with tert-alkyl or cyclic N) is 1. The van der Waals surface area contributed by atoms with Gasteiger partial charge in [0.05, 0.1) is 12.1 Å². The maximum atomic E-state index is 12.5. The van der Waals surface area contributed by atoms with Crippen LogP contribution in [-0.2, 0) is 6.54 Å². The molecule has 0 bridgehead atoms. The van der Waals surface area contributed by atoms with Crippen LogP contribution >= 0.6 is 0 Å². The van der Waals surface area contributed by atoms with Gasteiger partial charge in [-0.1, -0.05) is 37.3 Å². The third-order valence-electron chi connectivity index (χ3n) is 5.99. The van der Waals surface area contributed by atoms with Crippen LogP contribution in [0.1, 0.15) is 31.7 Å². The molecular weight excluding hydrogens is 352 g/mol. The third-order valence-corrected chi connectivity index (χ3v) is 5.99. The molecule has 0 spiro atoms. The summed E-state index contributed by atoms with van der Waals surface area (Å²) in [5, 5.41) is 14.0. The number of nitrogens with one attached hydrogen (secondary N) is 1. The third kappa shape index (κ3) is 5.93. The summed E-state index contributed by atoms with van der Waals surface area (Å²) < 4.78 is 0. The van der Waals surface area contributed by atoms with Crippen LogP contribution in [0.25, 0.3) is 0 Å². The molecule has 0 saturated carbocycles. The molecule has 1 aromatic rings. The molecule has 1 aromatic carbocycles. The van der Waals surface area contributed by atoms with Crippen molar-refractivity contribution in [3.05, 3.63) is 35.9 Å². The minimum Gasteiger partial charge on any atom is -0.387 e. The second-order valence-corrected chi connectivity index (χ2v) is 8.67. The van der Waals surface area contributed by atoms with Crippen molar-refractivity contribution in [3.63, 3.8) is 0 Å². The van der Waals surface area contributed by atoms with Gasteiger partial charge in [-0.15, -0.1) is 0 Å². The first-order valence-corrected chi connectivity index (χ1v) is 10.7. The van der Waals surface area contributed by atoms with Crippen LogP contribution < -0.4 is 5.32 Å². The maximum absolute atomic E-state index is 12.5. The first-order chi connectivity index (χ1) is 13.5. The van der Waals surface area contributed by atoms with E-state index in [0.29, 0.717) is 25.4 Å². The van der Waals surface area contributed by atoms with Gasteiger partial charge in [0, 0.05) is 39.8 Å². The molecule has 6 nitrogen and oxygen atoms in total. The highest BCUT2D eigenvalue weighted by molar-refractivity contribution is 5.73. The first kappa shape index (κ1) is 21.1. The molecule has 2 atom stereocenters. The lowest BCUT2D eigenvalue weighted by atomic mass is 10.0. The molecule has 3 rings (SSSR count). The Hall–Kier alpha value is -1.63. The number of amides is 2. The van der Waals surface area contributed by atoms with Crippen LogP contribution in [-0.4, -0.2) is 84.3 Å². The lowest BCUT2D eigenvalue weighted by molar-refractivity contribution is 0.0260. The molecular formula is C22H36N4O2. The molecule has 28 heavy (non-hydrogen) atoms. The van der Waals surface area contributed by atoms with Crippen molar-refractivity contribution in [1.82, 2.24) is 20.0 Å². The summed E-state index contributed by atoms with van der Waals surface area (Å²) in [6.07, 6.45) is 3.04. The lowest BCUT2D eigenvalue weighted by Crippen LogP contribution is -2.49. The van der Waals surface area contributed by atoms with Gasteiger partial charge in [0.25, 0.3) is 0 Å². The van der Waals surface area contributed by atoms with Crippen molar-refractivity contribution >= 4 is 6.03 Å². The van der Waals surface area contributed by atoms with Gasteiger partial charge in [-0.05, 0) is 43.8 Å². The van der Waals surface area contributed by atoms with Gasteiger partial charge in [-0.2, -0.15) is 0 Å². The zero-order chi connectivity index (χ0) is 20.0. The molecule has 2 fully saturated rings. The Kier molecular flexibility index (Phi) is 7.32. The van der Waals surface area contributed by atoms with Crippen LogP contribution in [0.4, 0.5) is 4.79 Å². The largest absolute Gasteiger partial charge is 0.387 e. The predicted octanol–water partition coefficient (Wildman–Crippen LogP) is 2.00. The van der Waals surface area contributed by atoms with Gasteiger partial charge in [0.2, 0.25) is 0 Å². The van der Waals surface area contributed by atoms with Crippen molar-refractivity contribution in [2.75, 3.05) is 52.9 Å². The molecule has 2 heterocycles. The van der Waals surface area contributed by atoms with Crippen LogP contribution in [0.3, 0.4) is 0 Å². The van der Waals surface area contributed by atoms with Gasteiger partial charge in [0.15, 0.2) is 0 Å². The smallest absolute Gasteiger partial charge is 0.317 e. The number of aliphatic hydroxyl groups is 1. The summed E-state index contributed by atoms with van der Waals surface area (Å²) >= 11 is 0. The summed E-state index contributed by atoms with van der Waals surface area (Å²) in [6.45, 7) is 8.98. The number of benzene rings is 1. The predicted molar refractivity (Wildman–Crippen MR) is 112 cm³/mol. The molecule has 2 unspecified atom stereocenters. The van der Waals surface area contributed by atoms with E-state index in [2.05, 4.69) is 34.2 Å². The van der Waals surface area contributed by atoms with E-state index < -0.39 is 5.60 Å². The summed E-state index contributed by atoms with van der Waals surface area (Å²) in [4.78, 5) is 18.9. The van der Waals surface area contributed by atoms with Crippen LogP contribution in [0.2, 0.25) is 0 Å². The number of rotatable bonds is 8. The van der Waals surface area contributed by atoms with Crippen molar-refractivity contribution < 1.29 is 9.90 Å². The van der Waals surface area contributed by atoms with Crippen molar-refractivity contribution in [2.45, 2.75) is 38.3 Å². The van der Waals surface area contributed by atoms with Crippen LogP contribution in [0.5, 0.6) is 0 Å². The number of likely N-dealkylation sites (N-methyl/N-ethyl adjacent to an activating group) is 1. The lowest BCUT2D eigenvalue weighted by Gasteiger charge is -2.29. The Labute approximate surface area is 169 Å². The summed E-state index contributed by atoms with van der Waals surface area (Å²) in [5.74, 6) is 0.542. The van der Waals surface area contributed by atoms with E-state index in [0.717, 1.165) is 45.7 Å². The quantitative estimate of drug-likeness (QED) is 0.715. The summed E-state index contributed by atoms with van der Waals surface area (Å²) in [6, 6.07) is 10.3. The molecule has 6 heteroatoms. The SMILES string of the molecule is CCCN1CCC(CNC(=O)N(C)CC2(O)CCN(Cc3ccccc3)C2)C1. The fraction of sp³-hybridized carbons (Fsp3) is 0.682. The molecule has 2 aliphatic heterocycles. The number of hydrogen-bond donors (Lipinski definition) is 2. The average Bonchev–Trinajstić information content (AvgIpc) is 3.27. The van der Waals surface area contributed by atoms with Gasteiger partial charge < -0.3 is 20.2 Å². The Morgan fingerprint density at radius 1 is 1.29 bits per heavy atom. The normalized spacial score (nSPS) is 25.9. The number of likely N-dealkylation sites (tertiary alicyclic amines) is 2. The van der Waals surface area contributed by atoms with Crippen molar-refractivity contribution in [3.8, 4) is 0 Å². The second-order valence-electron chi connectivity index (χ2n) is 8.67. The number of hydrogen-bond acceptors (Lipinski definition) is 4.